The van der Waals surface area contributed by atoms with Crippen LogP contribution in [0.25, 0.3) is 16.8 Å². The first-order valence-corrected chi connectivity index (χ1v) is 9.79. The van der Waals surface area contributed by atoms with Crippen LogP contribution in [0.15, 0.2) is 107 Å². The zero-order valence-corrected chi connectivity index (χ0v) is 17.0. The van der Waals surface area contributed by atoms with Crippen molar-refractivity contribution in [1.82, 2.24) is 14.8 Å². The van der Waals surface area contributed by atoms with Gasteiger partial charge in [0.15, 0.2) is 5.69 Å². The highest BCUT2D eigenvalue weighted by molar-refractivity contribution is 6.08. The van der Waals surface area contributed by atoms with Crippen LogP contribution in [0.2, 0.25) is 0 Å². The lowest BCUT2D eigenvalue weighted by atomic mass is 10.0. The molecule has 4 rings (SSSR count). The van der Waals surface area contributed by atoms with Crippen LogP contribution in [0.4, 0.5) is 5.69 Å². The second kappa shape index (κ2) is 9.00. The Morgan fingerprint density at radius 1 is 1.00 bits per heavy atom. The van der Waals surface area contributed by atoms with Crippen LogP contribution in [-0.4, -0.2) is 20.5 Å². The summed E-state index contributed by atoms with van der Waals surface area (Å²) in [4.78, 5) is 21.2. The topological polar surface area (TPSA) is 86.2 Å². The van der Waals surface area contributed by atoms with Crippen LogP contribution in [0.1, 0.15) is 11.3 Å². The quantitative estimate of drug-likeness (QED) is 0.503. The minimum Gasteiger partial charge on any atom is -0.405 e. The van der Waals surface area contributed by atoms with Gasteiger partial charge < -0.3 is 5.73 Å². The highest BCUT2D eigenvalue weighted by Gasteiger charge is 2.11. The number of rotatable bonds is 5. The van der Waals surface area contributed by atoms with Gasteiger partial charge >= 0.3 is 0 Å². The predicted molar refractivity (Wildman–Crippen MR) is 124 cm³/mol. The Balaban J connectivity index is 1.77. The predicted octanol–water partition coefficient (Wildman–Crippen LogP) is 4.20. The first-order chi connectivity index (χ1) is 15.2. The summed E-state index contributed by atoms with van der Waals surface area (Å²) in [6.45, 7) is 2.01. The molecule has 0 amide bonds. The Kier molecular flexibility index (Phi) is 5.80. The molecule has 152 valence electrons. The number of para-hydroxylation sites is 1. The number of hydrogen-bond donors (Lipinski definition) is 1. The van der Waals surface area contributed by atoms with Crippen LogP contribution in [-0.2, 0) is 0 Å². The molecule has 4 aromatic rings. The van der Waals surface area contributed by atoms with Gasteiger partial charge in [0, 0.05) is 24.7 Å². The molecule has 6 heteroatoms. The maximum Gasteiger partial charge on any atom is 0.209 e. The van der Waals surface area contributed by atoms with Gasteiger partial charge in [-0.25, -0.2) is 9.67 Å². The van der Waals surface area contributed by atoms with E-state index in [4.69, 9.17) is 5.73 Å². The van der Waals surface area contributed by atoms with Gasteiger partial charge in [-0.1, -0.05) is 24.3 Å². The fourth-order valence-electron chi connectivity index (χ4n) is 3.26. The number of pyridine rings is 1. The molecule has 2 N–H and O–H groups in total. The van der Waals surface area contributed by atoms with Crippen molar-refractivity contribution in [2.24, 2.45) is 10.7 Å². The molecule has 0 radical (unpaired) electrons. The monoisotopic (exact) mass is 407 g/mol. The third-order valence-corrected chi connectivity index (χ3v) is 4.77. The fourth-order valence-corrected chi connectivity index (χ4v) is 3.26. The molecule has 0 saturated heterocycles. The number of nitrogens with two attached hydrogens (primary N) is 1. The maximum absolute atomic E-state index is 12.6. The summed E-state index contributed by atoms with van der Waals surface area (Å²) < 4.78 is 1.69. The van der Waals surface area contributed by atoms with Gasteiger partial charge in [-0.2, -0.15) is 5.10 Å². The number of benzene rings is 2. The van der Waals surface area contributed by atoms with Crippen molar-refractivity contribution in [1.29, 1.82) is 0 Å². The Morgan fingerprint density at radius 3 is 2.48 bits per heavy atom. The zero-order chi connectivity index (χ0) is 21.6. The summed E-state index contributed by atoms with van der Waals surface area (Å²) in [7, 11) is 0. The molecular weight excluding hydrogens is 386 g/mol. The average molecular weight is 407 g/mol. The molecule has 0 fully saturated rings. The van der Waals surface area contributed by atoms with Gasteiger partial charge in [0.05, 0.1) is 17.1 Å². The van der Waals surface area contributed by atoms with Crippen molar-refractivity contribution < 1.29 is 0 Å². The van der Waals surface area contributed by atoms with Gasteiger partial charge in [0.25, 0.3) is 0 Å². The van der Waals surface area contributed by atoms with Crippen molar-refractivity contribution in [2.75, 3.05) is 0 Å². The summed E-state index contributed by atoms with van der Waals surface area (Å²) >= 11 is 0. The number of aliphatic imine (C=N–C) groups is 1. The van der Waals surface area contributed by atoms with E-state index in [9.17, 15) is 4.79 Å². The van der Waals surface area contributed by atoms with Crippen LogP contribution in [0.5, 0.6) is 0 Å². The third kappa shape index (κ3) is 4.48. The molecule has 0 aliphatic rings. The lowest BCUT2D eigenvalue weighted by Crippen LogP contribution is -2.20. The lowest BCUT2D eigenvalue weighted by Gasteiger charge is -2.12. The first kappa shape index (κ1) is 20.0. The molecule has 31 heavy (non-hydrogen) atoms. The van der Waals surface area contributed by atoms with Crippen LogP contribution < -0.4 is 11.2 Å². The minimum absolute atomic E-state index is 0.227. The van der Waals surface area contributed by atoms with E-state index in [1.165, 1.54) is 12.3 Å². The van der Waals surface area contributed by atoms with Gasteiger partial charge in [-0.3, -0.25) is 9.78 Å². The number of nitrogens with zero attached hydrogens (tertiary/aromatic N) is 4. The number of hydrogen-bond acceptors (Lipinski definition) is 5. The fraction of sp³-hybridized carbons (Fsp3) is 0.0400. The van der Waals surface area contributed by atoms with Crippen molar-refractivity contribution in [2.45, 2.75) is 6.92 Å². The summed E-state index contributed by atoms with van der Waals surface area (Å²) in [6.07, 6.45) is 8.14. The number of aromatic nitrogens is 3. The number of aryl methyl sites for hydroxylation is 1. The molecule has 0 bridgehead atoms. The third-order valence-electron chi connectivity index (χ3n) is 4.77. The van der Waals surface area contributed by atoms with E-state index >= 15 is 0 Å². The van der Waals surface area contributed by atoms with Crippen LogP contribution >= 0.6 is 0 Å². The molecule has 0 aliphatic heterocycles. The summed E-state index contributed by atoms with van der Waals surface area (Å²) in [5.41, 5.74) is 10.8. The van der Waals surface area contributed by atoms with E-state index in [2.05, 4.69) is 21.1 Å². The summed E-state index contributed by atoms with van der Waals surface area (Å²) in [6, 6.07) is 20.9. The molecule has 2 heterocycles. The van der Waals surface area contributed by atoms with E-state index in [1.54, 1.807) is 29.3 Å². The summed E-state index contributed by atoms with van der Waals surface area (Å²) in [5, 5.41) is 4.58. The normalized spacial score (nSPS) is 11.7. The Morgan fingerprint density at radius 2 is 1.77 bits per heavy atom. The Hall–Kier alpha value is -4.32. The number of allylic oxidation sites excluding steroid dienone is 1. The SMILES string of the molecule is Cc1cc(-c2ccncc2)ccc1-n1ccc(=O)c(C(C=CN)=Nc2ccccc2)n1. The summed E-state index contributed by atoms with van der Waals surface area (Å²) in [5.74, 6) is 0. The van der Waals surface area contributed by atoms with Crippen LogP contribution in [0, 0.1) is 6.92 Å². The van der Waals surface area contributed by atoms with Gasteiger partial charge in [0.1, 0.15) is 0 Å². The Labute approximate surface area is 180 Å². The Bertz CT molecular complexity index is 1310. The van der Waals surface area contributed by atoms with E-state index in [1.807, 2.05) is 61.5 Å². The van der Waals surface area contributed by atoms with Crippen molar-refractivity contribution in [3.63, 3.8) is 0 Å². The molecule has 2 aromatic carbocycles. The molecule has 0 unspecified atom stereocenters. The molecule has 2 aromatic heterocycles. The standard InChI is InChI=1S/C25H21N5O/c1-18-17-20(19-10-14-27-15-11-19)7-8-23(18)30-16-12-24(31)25(29-30)22(9-13-26)28-21-5-3-2-4-6-21/h2-17H,26H2,1H3. The van der Waals surface area contributed by atoms with Crippen LogP contribution in [0.3, 0.4) is 0 Å². The average Bonchev–Trinajstić information content (AvgIpc) is 2.80. The highest BCUT2D eigenvalue weighted by atomic mass is 16.1. The van der Waals surface area contributed by atoms with Gasteiger partial charge in [0.2, 0.25) is 5.43 Å². The smallest absolute Gasteiger partial charge is 0.209 e. The molecule has 6 nitrogen and oxygen atoms in total. The van der Waals surface area contributed by atoms with Gasteiger partial charge in [-0.15, -0.1) is 0 Å². The van der Waals surface area contributed by atoms with Crippen molar-refractivity contribution in [3.05, 3.63) is 119 Å². The van der Waals surface area contributed by atoms with E-state index < -0.39 is 0 Å². The van der Waals surface area contributed by atoms with Crippen molar-refractivity contribution in [3.8, 4) is 16.8 Å². The molecule has 0 saturated carbocycles. The lowest BCUT2D eigenvalue weighted by molar-refractivity contribution is 0.823. The highest BCUT2D eigenvalue weighted by Crippen LogP contribution is 2.23. The molecule has 0 atom stereocenters. The largest absolute Gasteiger partial charge is 0.405 e. The second-order valence-corrected chi connectivity index (χ2v) is 6.90. The van der Waals surface area contributed by atoms with Crippen molar-refractivity contribution >= 4 is 11.4 Å². The molecular formula is C25H21N5O. The minimum atomic E-state index is -0.227. The maximum atomic E-state index is 12.6. The molecule has 0 aliphatic carbocycles. The molecule has 0 spiro atoms. The first-order valence-electron chi connectivity index (χ1n) is 9.79. The zero-order valence-electron chi connectivity index (χ0n) is 17.0. The van der Waals surface area contributed by atoms with E-state index in [-0.39, 0.29) is 11.1 Å². The van der Waals surface area contributed by atoms with Gasteiger partial charge in [-0.05, 0) is 72.3 Å². The second-order valence-electron chi connectivity index (χ2n) is 6.90. The van der Waals surface area contributed by atoms with E-state index in [0.717, 1.165) is 22.4 Å². The van der Waals surface area contributed by atoms with E-state index in [0.29, 0.717) is 11.4 Å².